The summed E-state index contributed by atoms with van der Waals surface area (Å²) in [4.78, 5) is 44.1. The quantitative estimate of drug-likeness (QED) is 0.218. The summed E-state index contributed by atoms with van der Waals surface area (Å²) in [6, 6.07) is 13.5. The first-order chi connectivity index (χ1) is 21.5. The Morgan fingerprint density at radius 2 is 1.82 bits per heavy atom. The van der Waals surface area contributed by atoms with E-state index < -0.39 is 17.5 Å². The number of carbonyl (C=O) groups is 2. The zero-order chi connectivity index (χ0) is 31.9. The molecule has 1 aromatic carbocycles. The number of carbonyl (C=O) groups excluding carboxylic acids is 2. The van der Waals surface area contributed by atoms with E-state index in [-0.39, 0.29) is 17.5 Å². The second-order valence-corrected chi connectivity index (χ2v) is 11.5. The van der Waals surface area contributed by atoms with Gasteiger partial charge in [-0.2, -0.15) is 0 Å². The number of amides is 2. The largest absolute Gasteiger partial charge is 0.444 e. The fourth-order valence-corrected chi connectivity index (χ4v) is 5.23. The Morgan fingerprint density at radius 1 is 1.00 bits per heavy atom. The first-order valence-electron chi connectivity index (χ1n) is 14.3. The van der Waals surface area contributed by atoms with Gasteiger partial charge in [0, 0.05) is 55.3 Å². The van der Waals surface area contributed by atoms with Crippen molar-refractivity contribution in [2.75, 3.05) is 22.1 Å². The molecule has 1 aliphatic rings. The van der Waals surface area contributed by atoms with Crippen LogP contribution in [0.25, 0.3) is 22.2 Å². The molecule has 0 bridgehead atoms. The molecule has 0 spiro atoms. The highest BCUT2D eigenvalue weighted by atomic mass is 19.1. The molecular formula is C32H31FN8O4. The molecular weight excluding hydrogens is 579 g/mol. The van der Waals surface area contributed by atoms with Gasteiger partial charge in [0.15, 0.2) is 11.6 Å². The fraction of sp³-hybridized carbons (Fsp3) is 0.250. The molecule has 4 aromatic heterocycles. The first kappa shape index (κ1) is 29.5. The van der Waals surface area contributed by atoms with E-state index >= 15 is 4.39 Å². The maximum atomic E-state index is 15.7. The van der Waals surface area contributed by atoms with Gasteiger partial charge in [0.25, 0.3) is 0 Å². The van der Waals surface area contributed by atoms with Crippen molar-refractivity contribution in [2.45, 2.75) is 46.8 Å². The molecule has 0 fully saturated rings. The second-order valence-electron chi connectivity index (χ2n) is 11.5. The molecule has 0 saturated heterocycles. The van der Waals surface area contributed by atoms with Crippen molar-refractivity contribution in [3.63, 3.8) is 0 Å². The third-order valence-electron chi connectivity index (χ3n) is 6.89. The van der Waals surface area contributed by atoms with Crippen molar-refractivity contribution in [3.05, 3.63) is 72.6 Å². The van der Waals surface area contributed by atoms with Gasteiger partial charge < -0.3 is 24.3 Å². The summed E-state index contributed by atoms with van der Waals surface area (Å²) in [6.45, 7) is 9.65. The Kier molecular flexibility index (Phi) is 7.52. The molecule has 0 unspecified atom stereocenters. The van der Waals surface area contributed by atoms with Crippen LogP contribution in [0.4, 0.5) is 32.3 Å². The minimum absolute atomic E-state index is 0.0131. The lowest BCUT2D eigenvalue weighted by molar-refractivity contribution is -0.114. The average Bonchev–Trinajstić information content (AvgIpc) is 3.52. The maximum absolute atomic E-state index is 15.7. The van der Waals surface area contributed by atoms with Crippen molar-refractivity contribution in [3.8, 4) is 22.8 Å². The van der Waals surface area contributed by atoms with E-state index in [1.807, 2.05) is 28.5 Å². The highest BCUT2D eigenvalue weighted by molar-refractivity contribution is 6.11. The number of halogens is 1. The van der Waals surface area contributed by atoms with E-state index in [0.29, 0.717) is 52.7 Å². The summed E-state index contributed by atoms with van der Waals surface area (Å²) in [5, 5.41) is 6.03. The first-order valence-corrected chi connectivity index (χ1v) is 14.3. The molecule has 6 rings (SSSR count). The molecule has 2 N–H and O–H groups in total. The number of benzene rings is 1. The van der Waals surface area contributed by atoms with Crippen LogP contribution in [0.1, 0.15) is 33.4 Å². The van der Waals surface area contributed by atoms with Crippen molar-refractivity contribution in [1.29, 1.82) is 0 Å². The van der Waals surface area contributed by atoms with Crippen LogP contribution in [-0.4, -0.2) is 48.6 Å². The van der Waals surface area contributed by atoms with Crippen LogP contribution < -0.4 is 20.3 Å². The predicted molar refractivity (Wildman–Crippen MR) is 167 cm³/mol. The number of hydrogen-bond acceptors (Lipinski definition) is 9. The second kappa shape index (κ2) is 11.5. The molecule has 5 heterocycles. The van der Waals surface area contributed by atoms with Crippen LogP contribution >= 0.6 is 0 Å². The SMILES string of the molecule is CC(=O)Nc1ncnc2c1c(-c1ccc(Oc3cccc(C)n3)c(F)c1)c1n2CCN1c1ccnc(NC(=O)OC(C)(C)C)c1. The average molecular weight is 611 g/mol. The molecule has 13 heteroatoms. The number of aryl methyl sites for hydroxylation is 1. The van der Waals surface area contributed by atoms with Crippen molar-refractivity contribution < 1.29 is 23.5 Å². The number of nitrogens with zero attached hydrogens (tertiary/aromatic N) is 6. The van der Waals surface area contributed by atoms with E-state index in [1.54, 1.807) is 57.3 Å². The maximum Gasteiger partial charge on any atom is 0.413 e. The van der Waals surface area contributed by atoms with Crippen LogP contribution in [0, 0.1) is 12.7 Å². The van der Waals surface area contributed by atoms with E-state index in [4.69, 9.17) is 9.47 Å². The van der Waals surface area contributed by atoms with Gasteiger partial charge in [-0.05, 0) is 57.5 Å². The van der Waals surface area contributed by atoms with Gasteiger partial charge in [0.2, 0.25) is 11.8 Å². The smallest absolute Gasteiger partial charge is 0.413 e. The Morgan fingerprint density at radius 3 is 2.56 bits per heavy atom. The number of rotatable bonds is 6. The molecule has 45 heavy (non-hydrogen) atoms. The number of aromatic nitrogens is 5. The predicted octanol–water partition coefficient (Wildman–Crippen LogP) is 6.59. The number of anilines is 4. The van der Waals surface area contributed by atoms with Crippen LogP contribution in [-0.2, 0) is 16.1 Å². The lowest BCUT2D eigenvalue weighted by Crippen LogP contribution is -2.27. The molecule has 1 aliphatic heterocycles. The fourth-order valence-electron chi connectivity index (χ4n) is 5.23. The lowest BCUT2D eigenvalue weighted by atomic mass is 10.0. The molecule has 5 aromatic rings. The number of nitrogens with one attached hydrogen (secondary N) is 2. The van der Waals surface area contributed by atoms with Crippen molar-refractivity contribution in [1.82, 2.24) is 24.5 Å². The Hall–Kier alpha value is -5.59. The van der Waals surface area contributed by atoms with E-state index in [9.17, 15) is 9.59 Å². The van der Waals surface area contributed by atoms with E-state index in [1.165, 1.54) is 19.3 Å². The van der Waals surface area contributed by atoms with E-state index in [2.05, 4.69) is 30.6 Å². The molecule has 0 saturated carbocycles. The number of hydrogen-bond donors (Lipinski definition) is 2. The summed E-state index contributed by atoms with van der Waals surface area (Å²) in [7, 11) is 0. The third-order valence-corrected chi connectivity index (χ3v) is 6.89. The summed E-state index contributed by atoms with van der Waals surface area (Å²) in [5.41, 5.74) is 2.50. The lowest BCUT2D eigenvalue weighted by Gasteiger charge is -2.22. The zero-order valence-electron chi connectivity index (χ0n) is 25.4. The Bertz CT molecular complexity index is 1950. The molecule has 230 valence electrons. The number of ether oxygens (including phenoxy) is 2. The van der Waals surface area contributed by atoms with Gasteiger partial charge >= 0.3 is 6.09 Å². The van der Waals surface area contributed by atoms with Gasteiger partial charge in [0.1, 0.15) is 35.0 Å². The number of fused-ring (bicyclic) bond motifs is 3. The van der Waals surface area contributed by atoms with Crippen LogP contribution in [0.2, 0.25) is 0 Å². The van der Waals surface area contributed by atoms with Gasteiger partial charge in [-0.1, -0.05) is 12.1 Å². The topological polar surface area (TPSA) is 136 Å². The van der Waals surface area contributed by atoms with Crippen LogP contribution in [0.3, 0.4) is 0 Å². The zero-order valence-corrected chi connectivity index (χ0v) is 25.4. The van der Waals surface area contributed by atoms with E-state index in [0.717, 1.165) is 11.4 Å². The summed E-state index contributed by atoms with van der Waals surface area (Å²) < 4.78 is 28.8. The summed E-state index contributed by atoms with van der Waals surface area (Å²) >= 11 is 0. The molecule has 12 nitrogen and oxygen atoms in total. The van der Waals surface area contributed by atoms with Crippen LogP contribution in [0.5, 0.6) is 11.6 Å². The molecule has 0 atom stereocenters. The summed E-state index contributed by atoms with van der Waals surface area (Å²) in [6.07, 6.45) is 2.34. The monoisotopic (exact) mass is 610 g/mol. The minimum atomic E-state index is -0.675. The standard InChI is InChI=1S/C32H31FN8O4/c1-18-7-6-8-25(37-18)44-23-10-9-20(15-22(23)33)26-27-28(38-19(2)42)35-17-36-29(27)41-14-13-40(30(26)41)21-11-12-34-24(16-21)39-31(43)45-32(3,4)5/h6-12,15-17H,13-14H2,1-5H3,(H,34,39,43)(H,35,36,38,42). The van der Waals surface area contributed by atoms with Gasteiger partial charge in [-0.25, -0.2) is 29.1 Å². The van der Waals surface area contributed by atoms with Crippen molar-refractivity contribution in [2.24, 2.45) is 0 Å². The molecule has 2 amide bonds. The van der Waals surface area contributed by atoms with Gasteiger partial charge in [-0.15, -0.1) is 0 Å². The summed E-state index contributed by atoms with van der Waals surface area (Å²) in [5.74, 6) is 0.692. The Balaban J connectivity index is 1.45. The number of pyridine rings is 2. The third kappa shape index (κ3) is 6.09. The minimum Gasteiger partial charge on any atom is -0.444 e. The molecule has 0 radical (unpaired) electrons. The highest BCUT2D eigenvalue weighted by Crippen LogP contribution is 2.47. The highest BCUT2D eigenvalue weighted by Gasteiger charge is 2.32. The molecule has 0 aliphatic carbocycles. The van der Waals surface area contributed by atoms with Gasteiger partial charge in [0.05, 0.1) is 5.39 Å². The normalized spacial score (nSPS) is 12.6. The Labute approximate surface area is 258 Å². The van der Waals surface area contributed by atoms with Gasteiger partial charge in [-0.3, -0.25) is 10.1 Å². The van der Waals surface area contributed by atoms with Crippen molar-refractivity contribution >= 4 is 46.2 Å². The van der Waals surface area contributed by atoms with Crippen LogP contribution in [0.15, 0.2) is 61.1 Å².